The summed E-state index contributed by atoms with van der Waals surface area (Å²) in [6.07, 6.45) is 5.84. The van der Waals surface area contributed by atoms with Gasteiger partial charge in [-0.2, -0.15) is 5.10 Å². The fraction of sp³-hybridized carbons (Fsp3) is 0.214. The van der Waals surface area contributed by atoms with Crippen LogP contribution < -0.4 is 10.2 Å². The SMILES string of the molecule is CC1=NN(CCOc2ccc(Cl)cc2)C2=CC=CNN21. The standard InChI is InChI=1S/C14H15ClN4O/c1-11-17-18(14-3-2-8-16-19(11)14)9-10-20-13-6-4-12(15)5-7-13/h2-8,16H,9-10H2,1H3. The summed E-state index contributed by atoms with van der Waals surface area (Å²) >= 11 is 5.83. The van der Waals surface area contributed by atoms with Crippen LogP contribution in [0, 0.1) is 0 Å². The minimum atomic E-state index is 0.549. The highest BCUT2D eigenvalue weighted by molar-refractivity contribution is 6.30. The molecular formula is C14H15ClN4O. The minimum Gasteiger partial charge on any atom is -0.492 e. The number of rotatable bonds is 4. The predicted molar refractivity (Wildman–Crippen MR) is 79.0 cm³/mol. The number of ether oxygens (including phenoxy) is 1. The Morgan fingerprint density at radius 1 is 1.30 bits per heavy atom. The lowest BCUT2D eigenvalue weighted by Crippen LogP contribution is -2.38. The highest BCUT2D eigenvalue weighted by atomic mass is 35.5. The first kappa shape index (κ1) is 12.9. The zero-order chi connectivity index (χ0) is 13.9. The lowest BCUT2D eigenvalue weighted by Gasteiger charge is -2.25. The summed E-state index contributed by atoms with van der Waals surface area (Å²) in [4.78, 5) is 0. The molecule has 0 spiro atoms. The number of nitrogens with one attached hydrogen (secondary N) is 1. The molecular weight excluding hydrogens is 276 g/mol. The van der Waals surface area contributed by atoms with Gasteiger partial charge in [0, 0.05) is 11.2 Å². The number of hydrazone groups is 1. The molecule has 0 amide bonds. The van der Waals surface area contributed by atoms with E-state index in [1.165, 1.54) is 0 Å². The van der Waals surface area contributed by atoms with E-state index in [2.05, 4.69) is 10.5 Å². The van der Waals surface area contributed by atoms with Crippen molar-refractivity contribution < 1.29 is 4.74 Å². The Bertz CT molecular complexity index is 579. The van der Waals surface area contributed by atoms with E-state index >= 15 is 0 Å². The fourth-order valence-corrected chi connectivity index (χ4v) is 2.20. The van der Waals surface area contributed by atoms with E-state index in [0.717, 1.165) is 17.4 Å². The molecule has 0 aromatic heterocycles. The molecule has 1 aromatic carbocycles. The molecule has 0 atom stereocenters. The van der Waals surface area contributed by atoms with Crippen molar-refractivity contribution in [2.24, 2.45) is 5.10 Å². The quantitative estimate of drug-likeness (QED) is 0.925. The van der Waals surface area contributed by atoms with Crippen molar-refractivity contribution in [1.82, 2.24) is 15.4 Å². The maximum Gasteiger partial charge on any atom is 0.150 e. The van der Waals surface area contributed by atoms with E-state index in [0.29, 0.717) is 18.2 Å². The minimum absolute atomic E-state index is 0.549. The van der Waals surface area contributed by atoms with Crippen molar-refractivity contribution in [2.45, 2.75) is 6.92 Å². The van der Waals surface area contributed by atoms with Crippen molar-refractivity contribution >= 4 is 17.4 Å². The molecule has 6 heteroatoms. The lowest BCUT2D eigenvalue weighted by atomic mass is 10.3. The number of halogens is 1. The van der Waals surface area contributed by atoms with Crippen molar-refractivity contribution in [1.29, 1.82) is 0 Å². The number of hydrogen-bond acceptors (Lipinski definition) is 5. The van der Waals surface area contributed by atoms with Gasteiger partial charge >= 0.3 is 0 Å². The average molecular weight is 291 g/mol. The normalized spacial score (nSPS) is 16.5. The number of fused-ring (bicyclic) bond motifs is 1. The molecule has 1 aromatic rings. The van der Waals surface area contributed by atoms with Crippen LogP contribution >= 0.6 is 11.6 Å². The fourth-order valence-electron chi connectivity index (χ4n) is 2.07. The number of allylic oxidation sites excluding steroid dienone is 2. The largest absolute Gasteiger partial charge is 0.492 e. The molecule has 0 unspecified atom stereocenters. The molecule has 2 heterocycles. The monoisotopic (exact) mass is 290 g/mol. The van der Waals surface area contributed by atoms with E-state index < -0.39 is 0 Å². The molecule has 1 N–H and O–H groups in total. The molecule has 5 nitrogen and oxygen atoms in total. The van der Waals surface area contributed by atoms with Crippen LogP contribution in [0.1, 0.15) is 6.92 Å². The van der Waals surface area contributed by atoms with Crippen molar-refractivity contribution in [3.8, 4) is 5.75 Å². The number of hydrazine groups is 1. The second kappa shape index (κ2) is 5.46. The van der Waals surface area contributed by atoms with Gasteiger partial charge in [0.25, 0.3) is 0 Å². The lowest BCUT2D eigenvalue weighted by molar-refractivity contribution is 0.227. The summed E-state index contributed by atoms with van der Waals surface area (Å²) in [5.74, 6) is 2.72. The maximum atomic E-state index is 5.83. The van der Waals surface area contributed by atoms with Gasteiger partial charge in [0.1, 0.15) is 24.0 Å². The molecule has 2 aliphatic rings. The van der Waals surface area contributed by atoms with Crippen LogP contribution in [0.3, 0.4) is 0 Å². The summed E-state index contributed by atoms with van der Waals surface area (Å²) in [5.41, 5.74) is 3.13. The van der Waals surface area contributed by atoms with E-state index in [1.807, 2.05) is 59.6 Å². The summed E-state index contributed by atoms with van der Waals surface area (Å²) in [6.45, 7) is 3.19. The van der Waals surface area contributed by atoms with Gasteiger partial charge in [-0.05, 0) is 43.3 Å². The van der Waals surface area contributed by atoms with Crippen LogP contribution in [-0.4, -0.2) is 29.0 Å². The first-order valence-corrected chi connectivity index (χ1v) is 6.76. The van der Waals surface area contributed by atoms with Gasteiger partial charge in [-0.25, -0.2) is 10.0 Å². The predicted octanol–water partition coefficient (Wildman–Crippen LogP) is 2.54. The first-order chi connectivity index (χ1) is 9.74. The summed E-state index contributed by atoms with van der Waals surface area (Å²) in [7, 11) is 0. The van der Waals surface area contributed by atoms with E-state index in [-0.39, 0.29) is 0 Å². The molecule has 0 radical (unpaired) electrons. The molecule has 0 bridgehead atoms. The van der Waals surface area contributed by atoms with Crippen molar-refractivity contribution in [2.75, 3.05) is 13.2 Å². The van der Waals surface area contributed by atoms with Crippen LogP contribution in [-0.2, 0) is 0 Å². The van der Waals surface area contributed by atoms with Gasteiger partial charge in [0.2, 0.25) is 0 Å². The van der Waals surface area contributed by atoms with Crippen LogP contribution in [0.25, 0.3) is 0 Å². The Labute approximate surface area is 122 Å². The zero-order valence-corrected chi connectivity index (χ0v) is 11.8. The van der Waals surface area contributed by atoms with Crippen LogP contribution in [0.2, 0.25) is 5.02 Å². The Balaban J connectivity index is 1.57. The third-order valence-corrected chi connectivity index (χ3v) is 3.27. The highest BCUT2D eigenvalue weighted by Gasteiger charge is 2.26. The molecule has 0 fully saturated rings. The molecule has 0 saturated heterocycles. The molecule has 2 aliphatic heterocycles. The second-order valence-corrected chi connectivity index (χ2v) is 4.86. The van der Waals surface area contributed by atoms with Crippen LogP contribution in [0.5, 0.6) is 5.75 Å². The Morgan fingerprint density at radius 2 is 2.10 bits per heavy atom. The van der Waals surface area contributed by atoms with E-state index in [4.69, 9.17) is 16.3 Å². The molecule has 104 valence electrons. The first-order valence-electron chi connectivity index (χ1n) is 6.38. The maximum absolute atomic E-state index is 5.83. The van der Waals surface area contributed by atoms with Crippen molar-refractivity contribution in [3.63, 3.8) is 0 Å². The average Bonchev–Trinajstić information content (AvgIpc) is 2.79. The third kappa shape index (κ3) is 2.58. The van der Waals surface area contributed by atoms with Crippen LogP contribution in [0.15, 0.2) is 53.5 Å². The summed E-state index contributed by atoms with van der Waals surface area (Å²) in [6, 6.07) is 7.35. The number of amidine groups is 1. The highest BCUT2D eigenvalue weighted by Crippen LogP contribution is 2.20. The Hall–Kier alpha value is -2.14. The van der Waals surface area contributed by atoms with E-state index in [1.54, 1.807) is 0 Å². The summed E-state index contributed by atoms with van der Waals surface area (Å²) < 4.78 is 5.68. The van der Waals surface area contributed by atoms with E-state index in [9.17, 15) is 0 Å². The van der Waals surface area contributed by atoms with Gasteiger partial charge in [-0.1, -0.05) is 11.6 Å². The summed E-state index contributed by atoms with van der Waals surface area (Å²) in [5, 5.41) is 9.04. The molecule has 20 heavy (non-hydrogen) atoms. The molecule has 0 saturated carbocycles. The molecule has 3 rings (SSSR count). The topological polar surface area (TPSA) is 40.1 Å². The van der Waals surface area contributed by atoms with Gasteiger partial charge in [-0.3, -0.25) is 5.43 Å². The number of hydrogen-bond donors (Lipinski definition) is 1. The van der Waals surface area contributed by atoms with Crippen LogP contribution in [0.4, 0.5) is 0 Å². The number of benzene rings is 1. The Kier molecular flexibility index (Phi) is 3.52. The van der Waals surface area contributed by atoms with Gasteiger partial charge in [-0.15, -0.1) is 0 Å². The Morgan fingerprint density at radius 3 is 2.90 bits per heavy atom. The van der Waals surface area contributed by atoms with Gasteiger partial charge in [0.05, 0.1) is 6.54 Å². The zero-order valence-electron chi connectivity index (χ0n) is 11.1. The van der Waals surface area contributed by atoms with Crippen molar-refractivity contribution in [3.05, 3.63) is 53.5 Å². The third-order valence-electron chi connectivity index (χ3n) is 3.01. The second-order valence-electron chi connectivity index (χ2n) is 4.42. The number of nitrogens with zero attached hydrogens (tertiary/aromatic N) is 3. The van der Waals surface area contributed by atoms with Gasteiger partial charge in [0.15, 0.2) is 0 Å². The molecule has 0 aliphatic carbocycles. The smallest absolute Gasteiger partial charge is 0.150 e. The van der Waals surface area contributed by atoms with Gasteiger partial charge < -0.3 is 4.74 Å².